The van der Waals surface area contributed by atoms with Gasteiger partial charge in [0.25, 0.3) is 5.91 Å². The molecule has 0 aliphatic carbocycles. The molecule has 0 bridgehead atoms. The Morgan fingerprint density at radius 3 is 2.65 bits per heavy atom. The zero-order chi connectivity index (χ0) is 22.2. The first-order valence-corrected chi connectivity index (χ1v) is 10.7. The Kier molecular flexibility index (Phi) is 7.93. The lowest BCUT2D eigenvalue weighted by Crippen LogP contribution is -2.13. The Morgan fingerprint density at radius 1 is 1.13 bits per heavy atom. The second-order valence-electron chi connectivity index (χ2n) is 6.42. The van der Waals surface area contributed by atoms with Gasteiger partial charge in [-0.05, 0) is 70.6 Å². The zero-order valence-corrected chi connectivity index (χ0v) is 19.5. The molecule has 0 fully saturated rings. The minimum atomic E-state index is -0.484. The normalized spacial score (nSPS) is 10.8. The van der Waals surface area contributed by atoms with Crippen LogP contribution in [0.1, 0.15) is 11.1 Å². The van der Waals surface area contributed by atoms with Gasteiger partial charge in [-0.1, -0.05) is 41.9 Å². The van der Waals surface area contributed by atoms with Crippen molar-refractivity contribution >= 4 is 51.9 Å². The summed E-state index contributed by atoms with van der Waals surface area (Å²) in [4.78, 5) is 12.5. The van der Waals surface area contributed by atoms with Crippen LogP contribution in [0.25, 0.3) is 6.08 Å². The van der Waals surface area contributed by atoms with Crippen LogP contribution in [0, 0.1) is 14.9 Å². The van der Waals surface area contributed by atoms with Crippen LogP contribution in [-0.4, -0.2) is 13.0 Å². The molecule has 1 amide bonds. The highest BCUT2D eigenvalue weighted by Crippen LogP contribution is 2.30. The summed E-state index contributed by atoms with van der Waals surface area (Å²) in [5.41, 5.74) is 2.09. The van der Waals surface area contributed by atoms with Crippen LogP contribution in [0.5, 0.6) is 11.5 Å². The summed E-state index contributed by atoms with van der Waals surface area (Å²) in [6, 6.07) is 21.9. The Labute approximate surface area is 199 Å². The van der Waals surface area contributed by atoms with E-state index in [9.17, 15) is 10.1 Å². The molecule has 0 aliphatic rings. The molecule has 0 aromatic heterocycles. The maximum absolute atomic E-state index is 12.5. The lowest BCUT2D eigenvalue weighted by molar-refractivity contribution is -0.112. The van der Waals surface area contributed by atoms with E-state index in [0.717, 1.165) is 9.13 Å². The van der Waals surface area contributed by atoms with Crippen LogP contribution < -0.4 is 14.8 Å². The molecule has 31 heavy (non-hydrogen) atoms. The SMILES string of the molecule is COc1cc(/C=C(\C#N)C(=O)Nc2cccc(I)c2)ccc1OCc1ccccc1Cl. The van der Waals surface area contributed by atoms with Crippen molar-refractivity contribution in [2.75, 3.05) is 12.4 Å². The fraction of sp³-hybridized carbons (Fsp3) is 0.0833. The van der Waals surface area contributed by atoms with Crippen LogP contribution in [0.4, 0.5) is 5.69 Å². The zero-order valence-electron chi connectivity index (χ0n) is 16.6. The van der Waals surface area contributed by atoms with Crippen LogP contribution in [0.15, 0.2) is 72.3 Å². The number of benzene rings is 3. The monoisotopic (exact) mass is 544 g/mol. The third-order valence-corrected chi connectivity index (χ3v) is 5.33. The van der Waals surface area contributed by atoms with Gasteiger partial charge in [0.1, 0.15) is 18.2 Å². The number of anilines is 1. The van der Waals surface area contributed by atoms with Gasteiger partial charge in [0.15, 0.2) is 11.5 Å². The van der Waals surface area contributed by atoms with Gasteiger partial charge in [0.05, 0.1) is 7.11 Å². The number of carbonyl (C=O) groups is 1. The highest BCUT2D eigenvalue weighted by Gasteiger charge is 2.12. The van der Waals surface area contributed by atoms with Gasteiger partial charge in [0.2, 0.25) is 0 Å². The van der Waals surface area contributed by atoms with Crippen molar-refractivity contribution in [1.82, 2.24) is 0 Å². The predicted molar refractivity (Wildman–Crippen MR) is 130 cm³/mol. The molecule has 0 atom stereocenters. The average molecular weight is 545 g/mol. The summed E-state index contributed by atoms with van der Waals surface area (Å²) < 4.78 is 12.2. The Morgan fingerprint density at radius 2 is 1.94 bits per heavy atom. The highest BCUT2D eigenvalue weighted by atomic mass is 127. The van der Waals surface area contributed by atoms with Crippen LogP contribution in [0.2, 0.25) is 5.02 Å². The number of nitrogens with one attached hydrogen (secondary N) is 1. The number of nitrogens with zero attached hydrogens (tertiary/aromatic N) is 1. The minimum Gasteiger partial charge on any atom is -0.493 e. The summed E-state index contributed by atoms with van der Waals surface area (Å²) in [5, 5.41) is 12.8. The molecule has 3 aromatic carbocycles. The molecule has 0 saturated heterocycles. The van der Waals surface area contributed by atoms with E-state index in [2.05, 4.69) is 27.9 Å². The number of amides is 1. The van der Waals surface area contributed by atoms with Gasteiger partial charge in [-0.2, -0.15) is 5.26 Å². The van der Waals surface area contributed by atoms with Crippen molar-refractivity contribution in [3.8, 4) is 17.6 Å². The first-order chi connectivity index (χ1) is 15.0. The highest BCUT2D eigenvalue weighted by molar-refractivity contribution is 14.1. The van der Waals surface area contributed by atoms with Gasteiger partial charge < -0.3 is 14.8 Å². The number of methoxy groups -OCH3 is 1. The number of hydrogen-bond donors (Lipinski definition) is 1. The van der Waals surface area contributed by atoms with E-state index in [1.54, 1.807) is 30.3 Å². The molecule has 0 saturated carbocycles. The Balaban J connectivity index is 1.76. The number of ether oxygens (including phenoxy) is 2. The largest absolute Gasteiger partial charge is 0.493 e. The van der Waals surface area contributed by atoms with Crippen molar-refractivity contribution in [3.05, 3.63) is 92.0 Å². The average Bonchev–Trinajstić information content (AvgIpc) is 2.77. The predicted octanol–water partition coefficient (Wildman–Crippen LogP) is 6.08. The summed E-state index contributed by atoms with van der Waals surface area (Å²) >= 11 is 8.33. The lowest BCUT2D eigenvalue weighted by atomic mass is 10.1. The first-order valence-electron chi connectivity index (χ1n) is 9.23. The smallest absolute Gasteiger partial charge is 0.266 e. The van der Waals surface area contributed by atoms with Crippen molar-refractivity contribution < 1.29 is 14.3 Å². The molecule has 0 heterocycles. The molecule has 0 radical (unpaired) electrons. The quantitative estimate of drug-likeness (QED) is 0.222. The van der Waals surface area contributed by atoms with Gasteiger partial charge in [-0.15, -0.1) is 0 Å². The third-order valence-electron chi connectivity index (χ3n) is 4.29. The fourth-order valence-electron chi connectivity index (χ4n) is 2.74. The second kappa shape index (κ2) is 10.8. The van der Waals surface area contributed by atoms with Crippen molar-refractivity contribution in [3.63, 3.8) is 0 Å². The maximum Gasteiger partial charge on any atom is 0.266 e. The van der Waals surface area contributed by atoms with Crippen LogP contribution in [-0.2, 0) is 11.4 Å². The molecule has 156 valence electrons. The van der Waals surface area contributed by atoms with E-state index < -0.39 is 5.91 Å². The summed E-state index contributed by atoms with van der Waals surface area (Å²) in [6.45, 7) is 0.285. The molecule has 0 unspecified atom stereocenters. The molecule has 0 aliphatic heterocycles. The summed E-state index contributed by atoms with van der Waals surface area (Å²) in [5.74, 6) is 0.528. The maximum atomic E-state index is 12.5. The molecular weight excluding hydrogens is 527 g/mol. The summed E-state index contributed by atoms with van der Waals surface area (Å²) in [6.07, 6.45) is 1.50. The molecule has 5 nitrogen and oxygen atoms in total. The van der Waals surface area contributed by atoms with Gasteiger partial charge in [-0.3, -0.25) is 4.79 Å². The Hall–Kier alpha value is -3.02. The minimum absolute atomic E-state index is 0.0225. The van der Waals surface area contributed by atoms with E-state index in [1.165, 1.54) is 13.2 Å². The van der Waals surface area contributed by atoms with Crippen LogP contribution in [0.3, 0.4) is 0 Å². The number of halogens is 2. The van der Waals surface area contributed by atoms with E-state index in [1.807, 2.05) is 42.5 Å². The third kappa shape index (κ3) is 6.23. The number of hydrogen-bond acceptors (Lipinski definition) is 4. The molecule has 1 N–H and O–H groups in total. The number of carbonyl (C=O) groups excluding carboxylic acids is 1. The fourth-order valence-corrected chi connectivity index (χ4v) is 3.48. The topological polar surface area (TPSA) is 71.3 Å². The van der Waals surface area contributed by atoms with Crippen LogP contribution >= 0.6 is 34.2 Å². The molecule has 7 heteroatoms. The van der Waals surface area contributed by atoms with Crippen molar-refractivity contribution in [1.29, 1.82) is 5.26 Å². The van der Waals surface area contributed by atoms with Crippen molar-refractivity contribution in [2.45, 2.75) is 6.61 Å². The number of rotatable bonds is 7. The molecule has 3 rings (SSSR count). The molecular formula is C24H18ClIN2O3. The Bertz CT molecular complexity index is 1170. The first kappa shape index (κ1) is 22.7. The molecule has 3 aromatic rings. The number of nitriles is 1. The van der Waals surface area contributed by atoms with E-state index in [-0.39, 0.29) is 12.2 Å². The van der Waals surface area contributed by atoms with Gasteiger partial charge in [-0.25, -0.2) is 0 Å². The van der Waals surface area contributed by atoms with Gasteiger partial charge >= 0.3 is 0 Å². The van der Waals surface area contributed by atoms with Crippen molar-refractivity contribution in [2.24, 2.45) is 0 Å². The summed E-state index contributed by atoms with van der Waals surface area (Å²) in [7, 11) is 1.53. The standard InChI is InChI=1S/C24H18ClIN2O3/c1-30-23-12-16(9-10-22(23)31-15-17-5-2-3-8-21(17)25)11-18(14-27)24(29)28-20-7-4-6-19(26)13-20/h2-13H,15H2,1H3,(H,28,29)/b18-11+. The van der Waals surface area contributed by atoms with E-state index in [0.29, 0.717) is 27.8 Å². The molecule has 0 spiro atoms. The van der Waals surface area contributed by atoms with Gasteiger partial charge in [0, 0.05) is 19.8 Å². The lowest BCUT2D eigenvalue weighted by Gasteiger charge is -2.12. The second-order valence-corrected chi connectivity index (χ2v) is 8.08. The van der Waals surface area contributed by atoms with E-state index >= 15 is 0 Å². The van der Waals surface area contributed by atoms with E-state index in [4.69, 9.17) is 21.1 Å².